The average molecular weight is 551 g/mol. The van der Waals surface area contributed by atoms with Crippen LogP contribution in [0.5, 0.6) is 0 Å². The van der Waals surface area contributed by atoms with Gasteiger partial charge in [-0.15, -0.1) is 0 Å². The molecule has 39 heavy (non-hydrogen) atoms. The van der Waals surface area contributed by atoms with Gasteiger partial charge in [-0.05, 0) is 80.6 Å². The van der Waals surface area contributed by atoms with Crippen molar-refractivity contribution in [3.05, 3.63) is 76.4 Å². The van der Waals surface area contributed by atoms with Crippen molar-refractivity contribution < 1.29 is 22.7 Å². The van der Waals surface area contributed by atoms with E-state index < -0.39 is 34.0 Å². The Bertz CT molecular complexity index is 1430. The normalized spacial score (nSPS) is 18.2. The molecule has 2 aromatic rings. The minimum absolute atomic E-state index is 0.0104. The average Bonchev–Trinajstić information content (AvgIpc) is 2.92. The summed E-state index contributed by atoms with van der Waals surface area (Å²) in [5, 5.41) is 9.49. The maximum Gasteiger partial charge on any atom is 0.329 e. The molecule has 9 nitrogen and oxygen atoms in total. The van der Waals surface area contributed by atoms with Crippen molar-refractivity contribution in [2.24, 2.45) is 0 Å². The van der Waals surface area contributed by atoms with Crippen molar-refractivity contribution >= 4 is 21.9 Å². The first kappa shape index (κ1) is 28.5. The highest BCUT2D eigenvalue weighted by Crippen LogP contribution is 2.23. The van der Waals surface area contributed by atoms with Gasteiger partial charge in [-0.3, -0.25) is 4.79 Å². The molecule has 10 heteroatoms. The van der Waals surface area contributed by atoms with Crippen LogP contribution in [-0.4, -0.2) is 68.9 Å². The topological polar surface area (TPSA) is 120 Å². The summed E-state index contributed by atoms with van der Waals surface area (Å²) in [7, 11) is -2.11. The second-order valence-corrected chi connectivity index (χ2v) is 11.7. The van der Waals surface area contributed by atoms with Gasteiger partial charge >= 0.3 is 5.97 Å². The van der Waals surface area contributed by atoms with Gasteiger partial charge in [-0.1, -0.05) is 30.4 Å². The van der Waals surface area contributed by atoms with Crippen molar-refractivity contribution in [2.75, 3.05) is 26.7 Å². The van der Waals surface area contributed by atoms with Crippen LogP contribution >= 0.6 is 0 Å². The summed E-state index contributed by atoms with van der Waals surface area (Å²) in [5.41, 5.74) is 3.92. The van der Waals surface area contributed by atoms with Gasteiger partial charge in [0.1, 0.15) is 12.1 Å². The van der Waals surface area contributed by atoms with Crippen molar-refractivity contribution in [3.8, 4) is 6.07 Å². The van der Waals surface area contributed by atoms with Crippen molar-refractivity contribution in [3.63, 3.8) is 0 Å². The monoisotopic (exact) mass is 550 g/mol. The van der Waals surface area contributed by atoms with Crippen molar-refractivity contribution in [1.29, 1.82) is 5.26 Å². The second kappa shape index (κ2) is 12.1. The van der Waals surface area contributed by atoms with E-state index in [0.717, 1.165) is 29.7 Å². The number of amides is 1. The van der Waals surface area contributed by atoms with E-state index in [2.05, 4.69) is 15.7 Å². The number of ether oxygens (including phenoxy) is 1. The number of nitrogens with one attached hydrogen (secondary N) is 1. The van der Waals surface area contributed by atoms with Crippen molar-refractivity contribution in [1.82, 2.24) is 14.5 Å². The standard InChI is InChI=1S/C29H34N4O5S/c1-4-38-29(35)27-7-5-6-13-33(27)28(34)26(16-21-9-8-20(2)23(15-21)18-30)31-39(36,37)25-11-10-22-12-14-32(3)19-24(22)17-25/h5-6,8-11,15,17,26-27,31H,4,7,12-14,16,19H2,1-3H3/t26-,27+/m0/s1. The van der Waals surface area contributed by atoms with Crippen LogP contribution in [0.25, 0.3) is 0 Å². The third-order valence-electron chi connectivity index (χ3n) is 7.20. The molecule has 0 fully saturated rings. The van der Waals surface area contributed by atoms with Gasteiger partial charge in [0.05, 0.1) is 23.1 Å². The molecular weight excluding hydrogens is 516 g/mol. The molecule has 0 spiro atoms. The van der Waals surface area contributed by atoms with Crippen LogP contribution in [0.4, 0.5) is 0 Å². The molecule has 0 aliphatic carbocycles. The molecule has 2 aromatic carbocycles. The minimum Gasteiger partial charge on any atom is -0.464 e. The predicted molar refractivity (Wildman–Crippen MR) is 146 cm³/mol. The number of carbonyl (C=O) groups is 2. The first-order valence-corrected chi connectivity index (χ1v) is 14.6. The Hall–Kier alpha value is -3.52. The summed E-state index contributed by atoms with van der Waals surface area (Å²) in [4.78, 5) is 30.1. The lowest BCUT2D eigenvalue weighted by Gasteiger charge is -2.34. The zero-order chi connectivity index (χ0) is 28.2. The van der Waals surface area contributed by atoms with E-state index in [9.17, 15) is 23.3 Å². The zero-order valence-electron chi connectivity index (χ0n) is 22.5. The molecule has 0 saturated heterocycles. The summed E-state index contributed by atoms with van der Waals surface area (Å²) in [6.07, 6.45) is 4.72. The summed E-state index contributed by atoms with van der Waals surface area (Å²) >= 11 is 0. The van der Waals surface area contributed by atoms with Crippen LogP contribution in [0.2, 0.25) is 0 Å². The number of nitrogens with zero attached hydrogens (tertiary/aromatic N) is 3. The maximum atomic E-state index is 13.9. The van der Waals surface area contributed by atoms with Crippen LogP contribution in [0.3, 0.4) is 0 Å². The third kappa shape index (κ3) is 6.56. The Labute approximate surface area is 230 Å². The molecule has 4 rings (SSSR count). The number of fused-ring (bicyclic) bond motifs is 1. The van der Waals surface area contributed by atoms with Crippen LogP contribution in [-0.2, 0) is 43.7 Å². The lowest BCUT2D eigenvalue weighted by Crippen LogP contribution is -2.55. The van der Waals surface area contributed by atoms with E-state index in [1.54, 1.807) is 43.3 Å². The second-order valence-electron chi connectivity index (χ2n) is 10.0. The summed E-state index contributed by atoms with van der Waals surface area (Å²) in [6, 6.07) is 10.4. The van der Waals surface area contributed by atoms with Gasteiger partial charge in [0, 0.05) is 19.6 Å². The van der Waals surface area contributed by atoms with Gasteiger partial charge in [0.2, 0.25) is 15.9 Å². The first-order valence-electron chi connectivity index (χ1n) is 13.1. The van der Waals surface area contributed by atoms with Gasteiger partial charge in [-0.25, -0.2) is 13.2 Å². The number of hydrogen-bond donors (Lipinski definition) is 1. The molecule has 206 valence electrons. The van der Waals surface area contributed by atoms with Crippen LogP contribution in [0, 0.1) is 18.3 Å². The molecule has 2 aliphatic heterocycles. The van der Waals surface area contributed by atoms with Gasteiger partial charge < -0.3 is 14.5 Å². The Balaban J connectivity index is 1.68. The lowest BCUT2D eigenvalue weighted by atomic mass is 9.99. The minimum atomic E-state index is -4.10. The van der Waals surface area contributed by atoms with E-state index in [4.69, 9.17) is 4.74 Å². The Morgan fingerprint density at radius 1 is 1.18 bits per heavy atom. The Morgan fingerprint density at radius 3 is 2.72 bits per heavy atom. The SMILES string of the molecule is CCOC(=O)[C@H]1CC=CCN1C(=O)[C@H](Cc1ccc(C)c(C#N)c1)NS(=O)(=O)c1ccc2c(c1)CN(C)CC2. The molecule has 0 aromatic heterocycles. The number of aryl methyl sites for hydroxylation is 1. The molecule has 1 amide bonds. The highest BCUT2D eigenvalue weighted by molar-refractivity contribution is 7.89. The molecule has 0 radical (unpaired) electrons. The van der Waals surface area contributed by atoms with Crippen LogP contribution in [0.15, 0.2) is 53.4 Å². The van der Waals surface area contributed by atoms with Crippen molar-refractivity contribution in [2.45, 2.75) is 56.6 Å². The molecular formula is C29H34N4O5S. The number of carbonyl (C=O) groups excluding carboxylic acids is 2. The molecule has 0 unspecified atom stereocenters. The highest BCUT2D eigenvalue weighted by atomic mass is 32.2. The summed E-state index contributed by atoms with van der Waals surface area (Å²) < 4.78 is 35.1. The number of rotatable bonds is 8. The number of benzene rings is 2. The van der Waals surface area contributed by atoms with Crippen LogP contribution in [0.1, 0.15) is 41.2 Å². The zero-order valence-corrected chi connectivity index (χ0v) is 23.3. The fraction of sp³-hybridized carbons (Fsp3) is 0.414. The quantitative estimate of drug-likeness (QED) is 0.396. The Kier molecular flexibility index (Phi) is 8.85. The fourth-order valence-corrected chi connectivity index (χ4v) is 6.24. The van der Waals surface area contributed by atoms with E-state index in [-0.39, 0.29) is 30.9 Å². The number of esters is 1. The Morgan fingerprint density at radius 2 is 1.97 bits per heavy atom. The number of likely N-dealkylation sites (N-methyl/N-ethyl adjacent to an activating group) is 1. The summed E-state index contributed by atoms with van der Waals surface area (Å²) in [6.45, 7) is 5.38. The third-order valence-corrected chi connectivity index (χ3v) is 8.66. The van der Waals surface area contributed by atoms with E-state index in [1.807, 2.05) is 26.1 Å². The molecule has 0 saturated carbocycles. The first-order chi connectivity index (χ1) is 18.6. The largest absolute Gasteiger partial charge is 0.464 e. The maximum absolute atomic E-state index is 13.9. The van der Waals surface area contributed by atoms with Crippen LogP contribution < -0.4 is 4.72 Å². The predicted octanol–water partition coefficient (Wildman–Crippen LogP) is 2.46. The highest BCUT2D eigenvalue weighted by Gasteiger charge is 2.37. The molecule has 1 N–H and O–H groups in total. The van der Waals surface area contributed by atoms with E-state index >= 15 is 0 Å². The number of nitriles is 1. The number of sulfonamides is 1. The summed E-state index contributed by atoms with van der Waals surface area (Å²) in [5.74, 6) is -1.06. The molecule has 0 bridgehead atoms. The molecule has 2 heterocycles. The number of hydrogen-bond acceptors (Lipinski definition) is 7. The smallest absolute Gasteiger partial charge is 0.329 e. The van der Waals surface area contributed by atoms with Gasteiger partial charge in [0.25, 0.3) is 0 Å². The van der Waals surface area contributed by atoms with E-state index in [0.29, 0.717) is 17.7 Å². The fourth-order valence-electron chi connectivity index (χ4n) is 5.00. The van der Waals surface area contributed by atoms with Gasteiger partial charge in [0.15, 0.2) is 0 Å². The molecule has 2 aliphatic rings. The van der Waals surface area contributed by atoms with E-state index in [1.165, 1.54) is 4.90 Å². The lowest BCUT2D eigenvalue weighted by molar-refractivity contribution is -0.155. The van der Waals surface area contributed by atoms with Gasteiger partial charge in [-0.2, -0.15) is 9.98 Å². The molecule has 2 atom stereocenters.